The van der Waals surface area contributed by atoms with Gasteiger partial charge < -0.3 is 16.8 Å². The maximum atomic E-state index is 11.7. The van der Waals surface area contributed by atoms with Gasteiger partial charge in [-0.05, 0) is 30.9 Å². The van der Waals surface area contributed by atoms with Crippen molar-refractivity contribution in [2.45, 2.75) is 18.9 Å². The first-order valence-electron chi connectivity index (χ1n) is 5.87. The van der Waals surface area contributed by atoms with Gasteiger partial charge in [0.25, 0.3) is 5.91 Å². The third-order valence-corrected chi connectivity index (χ3v) is 3.01. The highest BCUT2D eigenvalue weighted by Crippen LogP contribution is 2.31. The molecule has 1 atom stereocenters. The highest BCUT2D eigenvalue weighted by atomic mass is 35.5. The van der Waals surface area contributed by atoms with Gasteiger partial charge in [-0.3, -0.25) is 14.6 Å². The molecule has 6 nitrogen and oxygen atoms in total. The van der Waals surface area contributed by atoms with E-state index >= 15 is 0 Å². The van der Waals surface area contributed by atoms with Crippen LogP contribution in [0.4, 0.5) is 0 Å². The SMILES string of the molecule is Cl.NC(=O)c1ccc(C(=O)NCC(N)C2CC2)nc1. The van der Waals surface area contributed by atoms with Crippen LogP contribution in [-0.4, -0.2) is 29.4 Å². The third kappa shape index (κ3) is 4.18. The van der Waals surface area contributed by atoms with Crippen LogP contribution in [0.25, 0.3) is 0 Å². The highest BCUT2D eigenvalue weighted by Gasteiger charge is 2.28. The fraction of sp³-hybridized carbons (Fsp3) is 0.417. The lowest BCUT2D eigenvalue weighted by atomic mass is 10.2. The van der Waals surface area contributed by atoms with Gasteiger partial charge in [0.15, 0.2) is 0 Å². The minimum absolute atomic E-state index is 0. The predicted molar refractivity (Wildman–Crippen MR) is 73.0 cm³/mol. The average Bonchev–Trinajstić information content (AvgIpc) is 3.20. The number of pyridine rings is 1. The average molecular weight is 285 g/mol. The van der Waals surface area contributed by atoms with Gasteiger partial charge in [-0.1, -0.05) is 0 Å². The predicted octanol–water partition coefficient (Wildman–Crippen LogP) is 0.0694. The Morgan fingerprint density at radius 2 is 2.11 bits per heavy atom. The molecule has 0 radical (unpaired) electrons. The number of nitrogens with one attached hydrogen (secondary N) is 1. The molecule has 19 heavy (non-hydrogen) atoms. The number of hydrogen-bond donors (Lipinski definition) is 3. The molecule has 1 saturated carbocycles. The molecular formula is C12H17ClN4O2. The first-order valence-corrected chi connectivity index (χ1v) is 5.87. The zero-order valence-electron chi connectivity index (χ0n) is 10.3. The van der Waals surface area contributed by atoms with E-state index in [-0.39, 0.29) is 35.6 Å². The van der Waals surface area contributed by atoms with Gasteiger partial charge in [-0.2, -0.15) is 0 Å². The molecule has 0 saturated heterocycles. The van der Waals surface area contributed by atoms with E-state index < -0.39 is 5.91 Å². The molecule has 0 spiro atoms. The number of halogens is 1. The van der Waals surface area contributed by atoms with Gasteiger partial charge in [0.05, 0.1) is 5.56 Å². The summed E-state index contributed by atoms with van der Waals surface area (Å²) >= 11 is 0. The summed E-state index contributed by atoms with van der Waals surface area (Å²) in [6.45, 7) is 0.447. The summed E-state index contributed by atoms with van der Waals surface area (Å²) in [5.41, 5.74) is 11.5. The van der Waals surface area contributed by atoms with E-state index in [9.17, 15) is 9.59 Å². The molecule has 1 unspecified atom stereocenters. The number of nitrogens with zero attached hydrogens (tertiary/aromatic N) is 1. The van der Waals surface area contributed by atoms with Gasteiger partial charge in [-0.15, -0.1) is 12.4 Å². The minimum atomic E-state index is -0.565. The molecule has 0 bridgehead atoms. The Morgan fingerprint density at radius 1 is 1.42 bits per heavy atom. The summed E-state index contributed by atoms with van der Waals surface area (Å²) in [6.07, 6.45) is 3.57. The number of rotatable bonds is 5. The first kappa shape index (κ1) is 15.4. The monoisotopic (exact) mass is 284 g/mol. The number of primary amides is 1. The Hall–Kier alpha value is -1.66. The van der Waals surface area contributed by atoms with E-state index in [0.717, 1.165) is 12.8 Å². The van der Waals surface area contributed by atoms with Crippen molar-refractivity contribution in [1.82, 2.24) is 10.3 Å². The van der Waals surface area contributed by atoms with Gasteiger partial charge in [-0.25, -0.2) is 0 Å². The van der Waals surface area contributed by atoms with E-state index in [1.54, 1.807) is 0 Å². The molecule has 0 aromatic carbocycles. The van der Waals surface area contributed by atoms with Crippen LogP contribution < -0.4 is 16.8 Å². The van der Waals surface area contributed by atoms with Crippen LogP contribution in [0.2, 0.25) is 0 Å². The zero-order valence-corrected chi connectivity index (χ0v) is 11.2. The zero-order chi connectivity index (χ0) is 13.1. The van der Waals surface area contributed by atoms with Crippen LogP contribution in [0.5, 0.6) is 0 Å². The van der Waals surface area contributed by atoms with Gasteiger partial charge in [0.1, 0.15) is 5.69 Å². The second-order valence-corrected chi connectivity index (χ2v) is 4.51. The molecule has 1 aliphatic carbocycles. The van der Waals surface area contributed by atoms with Gasteiger partial charge >= 0.3 is 0 Å². The summed E-state index contributed by atoms with van der Waals surface area (Å²) in [6, 6.07) is 2.96. The van der Waals surface area contributed by atoms with Crippen LogP contribution in [0.1, 0.15) is 33.7 Å². The van der Waals surface area contributed by atoms with Crippen molar-refractivity contribution < 1.29 is 9.59 Å². The second kappa shape index (κ2) is 6.49. The van der Waals surface area contributed by atoms with Gasteiger partial charge in [0.2, 0.25) is 5.91 Å². The number of hydrogen-bond acceptors (Lipinski definition) is 4. The van der Waals surface area contributed by atoms with Gasteiger partial charge in [0, 0.05) is 18.8 Å². The highest BCUT2D eigenvalue weighted by molar-refractivity contribution is 5.95. The number of carbonyl (C=O) groups excluding carboxylic acids is 2. The van der Waals surface area contributed by atoms with E-state index in [2.05, 4.69) is 10.3 Å². The lowest BCUT2D eigenvalue weighted by Gasteiger charge is -2.11. The van der Waals surface area contributed by atoms with E-state index in [0.29, 0.717) is 12.5 Å². The normalized spacial score (nSPS) is 15.2. The largest absolute Gasteiger partial charge is 0.366 e. The van der Waals surface area contributed by atoms with Crippen LogP contribution in [0.15, 0.2) is 18.3 Å². The Labute approximate surface area is 117 Å². The number of nitrogens with two attached hydrogens (primary N) is 2. The molecule has 1 aliphatic rings. The molecule has 7 heteroatoms. The fourth-order valence-corrected chi connectivity index (χ4v) is 1.67. The maximum absolute atomic E-state index is 11.7. The van der Waals surface area contributed by atoms with Crippen molar-refractivity contribution in [2.24, 2.45) is 17.4 Å². The van der Waals surface area contributed by atoms with E-state index in [4.69, 9.17) is 11.5 Å². The minimum Gasteiger partial charge on any atom is -0.366 e. The van der Waals surface area contributed by atoms with E-state index in [1.165, 1.54) is 18.3 Å². The Kier molecular flexibility index (Phi) is 5.26. The van der Waals surface area contributed by atoms with Crippen LogP contribution >= 0.6 is 12.4 Å². The van der Waals surface area contributed by atoms with Crippen molar-refractivity contribution in [1.29, 1.82) is 0 Å². The van der Waals surface area contributed by atoms with Crippen molar-refractivity contribution in [3.8, 4) is 0 Å². The summed E-state index contributed by atoms with van der Waals surface area (Å²) in [4.78, 5) is 26.5. The molecular weight excluding hydrogens is 268 g/mol. The van der Waals surface area contributed by atoms with Crippen LogP contribution in [0.3, 0.4) is 0 Å². The van der Waals surface area contributed by atoms with Crippen molar-refractivity contribution in [2.75, 3.05) is 6.54 Å². The summed E-state index contributed by atoms with van der Waals surface area (Å²) < 4.78 is 0. The van der Waals surface area contributed by atoms with Crippen molar-refractivity contribution >= 4 is 24.2 Å². The molecule has 1 aromatic rings. The molecule has 0 aliphatic heterocycles. The lowest BCUT2D eigenvalue weighted by molar-refractivity contribution is 0.0942. The summed E-state index contributed by atoms with van der Waals surface area (Å²) in [5.74, 6) is -0.317. The van der Waals surface area contributed by atoms with Crippen molar-refractivity contribution in [3.05, 3.63) is 29.6 Å². The van der Waals surface area contributed by atoms with Crippen LogP contribution in [0, 0.1) is 5.92 Å². The Balaban J connectivity index is 0.00000180. The second-order valence-electron chi connectivity index (χ2n) is 4.51. The Bertz CT molecular complexity index is 459. The summed E-state index contributed by atoms with van der Waals surface area (Å²) in [5, 5.41) is 2.73. The quantitative estimate of drug-likeness (QED) is 0.710. The lowest BCUT2D eigenvalue weighted by Crippen LogP contribution is -2.38. The van der Waals surface area contributed by atoms with Crippen molar-refractivity contribution in [3.63, 3.8) is 0 Å². The topological polar surface area (TPSA) is 111 Å². The third-order valence-electron chi connectivity index (χ3n) is 3.01. The molecule has 2 amide bonds. The summed E-state index contributed by atoms with van der Waals surface area (Å²) in [7, 11) is 0. The Morgan fingerprint density at radius 3 is 2.58 bits per heavy atom. The fourth-order valence-electron chi connectivity index (χ4n) is 1.67. The standard InChI is InChI=1S/C12H16N4O2.ClH/c13-9(7-1-2-7)6-16-12(18)10-4-3-8(5-15-10)11(14)17;/h3-5,7,9H,1-2,6,13H2,(H2,14,17)(H,16,18);1H. The molecule has 1 fully saturated rings. The molecule has 2 rings (SSSR count). The van der Waals surface area contributed by atoms with Crippen LogP contribution in [-0.2, 0) is 0 Å². The number of carbonyl (C=O) groups is 2. The number of aromatic nitrogens is 1. The molecule has 1 aromatic heterocycles. The number of amides is 2. The molecule has 5 N–H and O–H groups in total. The van der Waals surface area contributed by atoms with E-state index in [1.807, 2.05) is 0 Å². The maximum Gasteiger partial charge on any atom is 0.269 e. The molecule has 1 heterocycles. The molecule has 104 valence electrons. The first-order chi connectivity index (χ1) is 8.58. The smallest absolute Gasteiger partial charge is 0.269 e.